The van der Waals surface area contributed by atoms with Crippen LogP contribution in [0.25, 0.3) is 0 Å². The van der Waals surface area contributed by atoms with Gasteiger partial charge in [-0.05, 0) is 39.5 Å². The van der Waals surface area contributed by atoms with Crippen LogP contribution in [0.4, 0.5) is 0 Å². The molecule has 1 fully saturated rings. The van der Waals surface area contributed by atoms with Crippen LogP contribution in [0.2, 0.25) is 0 Å². The zero-order valence-electron chi connectivity index (χ0n) is 23.2. The monoisotopic (exact) mass is 451 g/mol. The Bertz CT molecular complexity index is 439. The quantitative estimate of drug-likeness (QED) is 0.186. The highest BCUT2D eigenvalue weighted by molar-refractivity contribution is 5.04. The molecule has 0 aliphatic carbocycles. The Hall–Kier alpha value is -0.0800. The molecule has 0 aromatic heterocycles. The summed E-state index contributed by atoms with van der Waals surface area (Å²) < 4.78 is 6.47. The molecule has 4 unspecified atom stereocenters. The lowest BCUT2D eigenvalue weighted by atomic mass is 9.70. The van der Waals surface area contributed by atoms with E-state index in [0.717, 1.165) is 13.0 Å². The molecule has 1 rings (SSSR count). The van der Waals surface area contributed by atoms with E-state index in [1.54, 1.807) is 0 Å². The second-order valence-corrected chi connectivity index (χ2v) is 11.5. The Labute approximate surface area is 203 Å². The topological polar surface area (TPSA) is 21.3 Å². The summed E-state index contributed by atoms with van der Waals surface area (Å²) in [5, 5.41) is 3.96. The van der Waals surface area contributed by atoms with Crippen molar-refractivity contribution in [2.75, 3.05) is 6.61 Å². The molecule has 192 valence electrons. The van der Waals surface area contributed by atoms with Gasteiger partial charge in [0.05, 0.1) is 6.10 Å². The van der Waals surface area contributed by atoms with Crippen molar-refractivity contribution in [3.63, 3.8) is 0 Å². The molecule has 1 heterocycles. The van der Waals surface area contributed by atoms with Gasteiger partial charge in [-0.15, -0.1) is 0 Å². The largest absolute Gasteiger partial charge is 0.378 e. The summed E-state index contributed by atoms with van der Waals surface area (Å²) in [4.78, 5) is 0. The SMILES string of the molecule is CCCCCCCCCCCCCCCCCCOC1CC(C)(CC)NC(C)(CC)C1C. The van der Waals surface area contributed by atoms with Crippen LogP contribution >= 0.6 is 0 Å². The number of hydrogen-bond acceptors (Lipinski definition) is 2. The van der Waals surface area contributed by atoms with Gasteiger partial charge < -0.3 is 10.1 Å². The Morgan fingerprint density at radius 1 is 0.656 bits per heavy atom. The van der Waals surface area contributed by atoms with Crippen molar-refractivity contribution >= 4 is 0 Å². The smallest absolute Gasteiger partial charge is 0.0635 e. The van der Waals surface area contributed by atoms with Gasteiger partial charge in [-0.3, -0.25) is 0 Å². The Morgan fingerprint density at radius 3 is 1.50 bits per heavy atom. The van der Waals surface area contributed by atoms with Crippen LogP contribution in [0, 0.1) is 5.92 Å². The molecule has 1 saturated heterocycles. The van der Waals surface area contributed by atoms with Gasteiger partial charge in [0, 0.05) is 23.6 Å². The molecule has 0 aromatic rings. The Morgan fingerprint density at radius 2 is 1.09 bits per heavy atom. The summed E-state index contributed by atoms with van der Waals surface area (Å²) in [5.74, 6) is 0.577. The van der Waals surface area contributed by atoms with Gasteiger partial charge >= 0.3 is 0 Å². The average Bonchev–Trinajstić information content (AvgIpc) is 2.79. The van der Waals surface area contributed by atoms with Crippen LogP contribution in [0.3, 0.4) is 0 Å². The standard InChI is InChI=1S/C30H61NO/c1-7-10-11-12-13-14-15-16-17-18-19-20-21-22-23-24-25-32-28-26-29(5,8-2)31-30(6,9-3)27(28)4/h27-28,31H,7-26H2,1-6H3. The predicted molar refractivity (Wildman–Crippen MR) is 144 cm³/mol. The van der Waals surface area contributed by atoms with Gasteiger partial charge in [-0.1, -0.05) is 124 Å². The first kappa shape index (κ1) is 30.0. The van der Waals surface area contributed by atoms with Crippen molar-refractivity contribution in [3.8, 4) is 0 Å². The first-order chi connectivity index (χ1) is 15.4. The molecule has 0 bridgehead atoms. The molecule has 0 amide bonds. The number of rotatable bonds is 20. The van der Waals surface area contributed by atoms with Crippen LogP contribution in [0.5, 0.6) is 0 Å². The van der Waals surface area contributed by atoms with E-state index in [4.69, 9.17) is 4.74 Å². The van der Waals surface area contributed by atoms with Crippen molar-refractivity contribution in [2.24, 2.45) is 5.92 Å². The van der Waals surface area contributed by atoms with E-state index in [9.17, 15) is 0 Å². The highest BCUT2D eigenvalue weighted by Gasteiger charge is 2.46. The molecule has 1 N–H and O–H groups in total. The highest BCUT2D eigenvalue weighted by Crippen LogP contribution is 2.38. The summed E-state index contributed by atoms with van der Waals surface area (Å²) in [6.07, 6.45) is 26.7. The first-order valence-corrected chi connectivity index (χ1v) is 14.8. The van der Waals surface area contributed by atoms with Crippen molar-refractivity contribution in [2.45, 2.75) is 181 Å². The highest BCUT2D eigenvalue weighted by atomic mass is 16.5. The lowest BCUT2D eigenvalue weighted by molar-refractivity contribution is -0.0729. The van der Waals surface area contributed by atoms with Gasteiger partial charge in [-0.25, -0.2) is 0 Å². The summed E-state index contributed by atoms with van der Waals surface area (Å²) in [6, 6.07) is 0. The maximum absolute atomic E-state index is 6.47. The van der Waals surface area contributed by atoms with Gasteiger partial charge in [0.25, 0.3) is 0 Å². The minimum Gasteiger partial charge on any atom is -0.378 e. The Kier molecular flexibility index (Phi) is 16.3. The van der Waals surface area contributed by atoms with Crippen molar-refractivity contribution in [1.82, 2.24) is 5.32 Å². The number of piperidine rings is 1. The molecule has 2 heteroatoms. The van der Waals surface area contributed by atoms with E-state index >= 15 is 0 Å². The van der Waals surface area contributed by atoms with Crippen LogP contribution in [-0.4, -0.2) is 23.8 Å². The molecule has 32 heavy (non-hydrogen) atoms. The zero-order chi connectivity index (χ0) is 23.7. The van der Waals surface area contributed by atoms with Gasteiger partial charge in [0.2, 0.25) is 0 Å². The van der Waals surface area contributed by atoms with E-state index in [-0.39, 0.29) is 11.1 Å². The fourth-order valence-corrected chi connectivity index (χ4v) is 5.62. The van der Waals surface area contributed by atoms with E-state index in [2.05, 4.69) is 46.9 Å². The molecule has 2 nitrogen and oxygen atoms in total. The van der Waals surface area contributed by atoms with Crippen LogP contribution in [0.1, 0.15) is 164 Å². The molecular weight excluding hydrogens is 390 g/mol. The minimum absolute atomic E-state index is 0.197. The third-order valence-electron chi connectivity index (χ3n) is 8.65. The number of unbranched alkanes of at least 4 members (excludes halogenated alkanes) is 15. The van der Waals surface area contributed by atoms with E-state index in [0.29, 0.717) is 12.0 Å². The molecule has 1 aliphatic heterocycles. The lowest BCUT2D eigenvalue weighted by Gasteiger charge is -2.53. The summed E-state index contributed by atoms with van der Waals surface area (Å²) >= 11 is 0. The van der Waals surface area contributed by atoms with Crippen molar-refractivity contribution < 1.29 is 4.74 Å². The zero-order valence-corrected chi connectivity index (χ0v) is 23.2. The molecular formula is C30H61NO. The molecule has 0 saturated carbocycles. The molecule has 0 spiro atoms. The molecule has 0 radical (unpaired) electrons. The lowest BCUT2D eigenvalue weighted by Crippen LogP contribution is -2.66. The summed E-state index contributed by atoms with van der Waals surface area (Å²) in [5.41, 5.74) is 0.416. The maximum Gasteiger partial charge on any atom is 0.0635 e. The predicted octanol–water partition coefficient (Wildman–Crippen LogP) is 9.60. The number of hydrogen-bond donors (Lipinski definition) is 1. The molecule has 4 atom stereocenters. The van der Waals surface area contributed by atoms with Gasteiger partial charge in [0.15, 0.2) is 0 Å². The number of nitrogens with one attached hydrogen (secondary N) is 1. The summed E-state index contributed by atoms with van der Waals surface area (Å²) in [7, 11) is 0. The van der Waals surface area contributed by atoms with E-state index in [1.807, 2.05) is 0 Å². The van der Waals surface area contributed by atoms with E-state index in [1.165, 1.54) is 116 Å². The first-order valence-electron chi connectivity index (χ1n) is 14.8. The number of ether oxygens (including phenoxy) is 1. The van der Waals surface area contributed by atoms with Gasteiger partial charge in [-0.2, -0.15) is 0 Å². The summed E-state index contributed by atoms with van der Waals surface area (Å²) in [6.45, 7) is 15.1. The minimum atomic E-state index is 0.197. The third-order valence-corrected chi connectivity index (χ3v) is 8.65. The second-order valence-electron chi connectivity index (χ2n) is 11.5. The van der Waals surface area contributed by atoms with Crippen LogP contribution < -0.4 is 5.32 Å². The van der Waals surface area contributed by atoms with Crippen molar-refractivity contribution in [1.29, 1.82) is 0 Å². The van der Waals surface area contributed by atoms with Crippen LogP contribution in [-0.2, 0) is 4.74 Å². The van der Waals surface area contributed by atoms with Gasteiger partial charge in [0.1, 0.15) is 0 Å². The fourth-order valence-electron chi connectivity index (χ4n) is 5.62. The maximum atomic E-state index is 6.47. The van der Waals surface area contributed by atoms with Crippen LogP contribution in [0.15, 0.2) is 0 Å². The second kappa shape index (κ2) is 17.4. The Balaban J connectivity index is 1.97. The molecule has 0 aromatic carbocycles. The van der Waals surface area contributed by atoms with E-state index < -0.39 is 0 Å². The third kappa shape index (κ3) is 11.9. The normalized spacial score (nSPS) is 28.3. The average molecular weight is 452 g/mol. The fraction of sp³-hybridized carbons (Fsp3) is 1.00. The molecule has 1 aliphatic rings. The van der Waals surface area contributed by atoms with Crippen molar-refractivity contribution in [3.05, 3.63) is 0 Å².